The molecule has 1 aliphatic rings. The third kappa shape index (κ3) is 2.72. The lowest BCUT2D eigenvalue weighted by atomic mass is 10.2. The van der Waals surface area contributed by atoms with Crippen LogP contribution < -0.4 is 4.90 Å². The number of hydrogen-bond donors (Lipinski definition) is 1. The second-order valence-electron chi connectivity index (χ2n) is 4.23. The van der Waals surface area contributed by atoms with E-state index < -0.39 is 24.9 Å². The summed E-state index contributed by atoms with van der Waals surface area (Å²) in [5, 5.41) is 8.42. The molecule has 17 heavy (non-hydrogen) atoms. The Bertz CT molecular complexity index is 434. The summed E-state index contributed by atoms with van der Waals surface area (Å²) < 4.78 is 26.8. The maximum absolute atomic E-state index is 13.4. The van der Waals surface area contributed by atoms with Crippen LogP contribution in [0.5, 0.6) is 0 Å². The van der Waals surface area contributed by atoms with Crippen molar-refractivity contribution in [3.05, 3.63) is 29.8 Å². The van der Waals surface area contributed by atoms with Crippen molar-refractivity contribution < 1.29 is 18.7 Å². The van der Waals surface area contributed by atoms with Crippen molar-refractivity contribution in [2.24, 2.45) is 0 Å². The Balaban J connectivity index is 2.09. The first-order valence-electron chi connectivity index (χ1n) is 5.40. The van der Waals surface area contributed by atoms with E-state index in [-0.39, 0.29) is 0 Å². The molecule has 3 nitrogen and oxygen atoms in total. The molecule has 0 radical (unpaired) electrons. The number of rotatable bonds is 4. The molecular formula is C12H13F2NO2. The van der Waals surface area contributed by atoms with Crippen LogP contribution in [0.4, 0.5) is 14.5 Å². The third-order valence-corrected chi connectivity index (χ3v) is 2.82. The van der Waals surface area contributed by atoms with Crippen LogP contribution in [0.2, 0.25) is 0 Å². The van der Waals surface area contributed by atoms with Gasteiger partial charge in [0.25, 0.3) is 5.92 Å². The smallest absolute Gasteiger partial charge is 0.309 e. The van der Waals surface area contributed by atoms with Gasteiger partial charge in [-0.05, 0) is 18.1 Å². The standard InChI is InChI=1S/C12H13F2NO2/c13-12(14,7-11(16)17)8-15-6-5-9-3-1-2-4-10(9)15/h1-4H,5-8H2,(H,16,17). The number of nitrogens with zero attached hydrogens (tertiary/aromatic N) is 1. The van der Waals surface area contributed by atoms with Gasteiger partial charge in [-0.2, -0.15) is 0 Å². The number of fused-ring (bicyclic) bond motifs is 1. The highest BCUT2D eigenvalue weighted by Gasteiger charge is 2.36. The molecule has 0 saturated heterocycles. The molecule has 1 aromatic carbocycles. The summed E-state index contributed by atoms with van der Waals surface area (Å²) >= 11 is 0. The Morgan fingerprint density at radius 3 is 2.82 bits per heavy atom. The van der Waals surface area contributed by atoms with Crippen LogP contribution in [-0.2, 0) is 11.2 Å². The second kappa shape index (κ2) is 4.31. The quantitative estimate of drug-likeness (QED) is 0.878. The highest BCUT2D eigenvalue weighted by molar-refractivity contribution is 5.68. The van der Waals surface area contributed by atoms with Crippen LogP contribution in [0.25, 0.3) is 0 Å². The third-order valence-electron chi connectivity index (χ3n) is 2.82. The predicted molar refractivity (Wildman–Crippen MR) is 59.6 cm³/mol. The van der Waals surface area contributed by atoms with E-state index in [1.807, 2.05) is 12.1 Å². The monoisotopic (exact) mass is 241 g/mol. The van der Waals surface area contributed by atoms with Crippen molar-refractivity contribution in [1.29, 1.82) is 0 Å². The molecule has 0 spiro atoms. The van der Waals surface area contributed by atoms with Crippen molar-refractivity contribution in [3.8, 4) is 0 Å². The molecule has 0 saturated carbocycles. The normalized spacial score (nSPS) is 14.8. The Kier molecular flexibility index (Phi) is 3.00. The minimum atomic E-state index is -3.19. The first-order chi connectivity index (χ1) is 7.98. The van der Waals surface area contributed by atoms with Crippen LogP contribution in [-0.4, -0.2) is 30.1 Å². The van der Waals surface area contributed by atoms with Crippen molar-refractivity contribution in [2.75, 3.05) is 18.0 Å². The average Bonchev–Trinajstić information content (AvgIpc) is 2.59. The van der Waals surface area contributed by atoms with Gasteiger partial charge in [0.15, 0.2) is 0 Å². The van der Waals surface area contributed by atoms with Gasteiger partial charge in [0, 0.05) is 12.2 Å². The van der Waals surface area contributed by atoms with Gasteiger partial charge in [0.1, 0.15) is 6.42 Å². The lowest BCUT2D eigenvalue weighted by molar-refractivity contribution is -0.144. The lowest BCUT2D eigenvalue weighted by Gasteiger charge is -2.24. The van der Waals surface area contributed by atoms with E-state index in [1.165, 1.54) is 0 Å². The Morgan fingerprint density at radius 1 is 1.41 bits per heavy atom. The predicted octanol–water partition coefficient (Wildman–Crippen LogP) is 2.16. The topological polar surface area (TPSA) is 40.5 Å². The fraction of sp³-hybridized carbons (Fsp3) is 0.417. The SMILES string of the molecule is O=C(O)CC(F)(F)CN1CCc2ccccc21. The molecule has 0 aromatic heterocycles. The second-order valence-corrected chi connectivity index (χ2v) is 4.23. The van der Waals surface area contributed by atoms with Gasteiger partial charge in [-0.25, -0.2) is 8.78 Å². The van der Waals surface area contributed by atoms with Crippen molar-refractivity contribution >= 4 is 11.7 Å². The fourth-order valence-corrected chi connectivity index (χ4v) is 2.13. The molecule has 0 bridgehead atoms. The molecule has 1 N–H and O–H groups in total. The Hall–Kier alpha value is -1.65. The van der Waals surface area contributed by atoms with E-state index >= 15 is 0 Å². The van der Waals surface area contributed by atoms with E-state index in [1.54, 1.807) is 17.0 Å². The lowest BCUT2D eigenvalue weighted by Crippen LogP contribution is -2.37. The number of para-hydroxylation sites is 1. The summed E-state index contributed by atoms with van der Waals surface area (Å²) in [5.41, 5.74) is 1.83. The van der Waals surface area contributed by atoms with E-state index in [0.29, 0.717) is 6.54 Å². The average molecular weight is 241 g/mol. The number of halogens is 2. The highest BCUT2D eigenvalue weighted by atomic mass is 19.3. The van der Waals surface area contributed by atoms with Crippen LogP contribution in [0.15, 0.2) is 24.3 Å². The van der Waals surface area contributed by atoms with Gasteiger partial charge in [-0.3, -0.25) is 4.79 Å². The first-order valence-corrected chi connectivity index (χ1v) is 5.40. The van der Waals surface area contributed by atoms with Gasteiger partial charge >= 0.3 is 5.97 Å². The molecule has 0 aliphatic carbocycles. The summed E-state index contributed by atoms with van der Waals surface area (Å²) in [5.74, 6) is -4.66. The Labute approximate surface area is 97.7 Å². The first kappa shape index (κ1) is 11.8. The van der Waals surface area contributed by atoms with Crippen LogP contribution in [0, 0.1) is 0 Å². The van der Waals surface area contributed by atoms with Crippen molar-refractivity contribution in [1.82, 2.24) is 0 Å². The molecule has 0 atom stereocenters. The Morgan fingerprint density at radius 2 is 2.12 bits per heavy atom. The van der Waals surface area contributed by atoms with Crippen molar-refractivity contribution in [3.63, 3.8) is 0 Å². The molecule has 1 aromatic rings. The maximum Gasteiger partial charge on any atom is 0.309 e. The number of carboxylic acid groups (broad SMARTS) is 1. The summed E-state index contributed by atoms with van der Waals surface area (Å²) in [7, 11) is 0. The number of hydrogen-bond acceptors (Lipinski definition) is 2. The van der Waals surface area contributed by atoms with E-state index in [2.05, 4.69) is 0 Å². The summed E-state index contributed by atoms with van der Waals surface area (Å²) in [4.78, 5) is 11.9. The zero-order valence-corrected chi connectivity index (χ0v) is 9.20. The number of aliphatic carboxylic acids is 1. The van der Waals surface area contributed by atoms with Gasteiger partial charge in [0.2, 0.25) is 0 Å². The van der Waals surface area contributed by atoms with Crippen LogP contribution in [0.1, 0.15) is 12.0 Å². The number of carbonyl (C=O) groups is 1. The summed E-state index contributed by atoms with van der Waals surface area (Å²) in [6.45, 7) is -0.00906. The highest BCUT2D eigenvalue weighted by Crippen LogP contribution is 2.31. The zero-order valence-electron chi connectivity index (χ0n) is 9.20. The minimum absolute atomic E-state index is 0.522. The molecule has 0 amide bonds. The molecule has 92 valence electrons. The molecular weight excluding hydrogens is 228 g/mol. The van der Waals surface area contributed by atoms with Crippen molar-refractivity contribution in [2.45, 2.75) is 18.8 Å². The van der Waals surface area contributed by atoms with Crippen LogP contribution >= 0.6 is 0 Å². The molecule has 1 aliphatic heterocycles. The molecule has 0 fully saturated rings. The summed E-state index contributed by atoms with van der Waals surface area (Å²) in [6, 6.07) is 7.37. The van der Waals surface area contributed by atoms with Gasteiger partial charge < -0.3 is 10.0 Å². The van der Waals surface area contributed by atoms with Gasteiger partial charge in [-0.15, -0.1) is 0 Å². The minimum Gasteiger partial charge on any atom is -0.481 e. The van der Waals surface area contributed by atoms with Gasteiger partial charge in [-0.1, -0.05) is 18.2 Å². The summed E-state index contributed by atoms with van der Waals surface area (Å²) in [6.07, 6.45) is -0.384. The van der Waals surface area contributed by atoms with E-state index in [0.717, 1.165) is 17.7 Å². The number of benzene rings is 1. The zero-order chi connectivity index (χ0) is 12.5. The van der Waals surface area contributed by atoms with E-state index in [9.17, 15) is 13.6 Å². The number of alkyl halides is 2. The van der Waals surface area contributed by atoms with Gasteiger partial charge in [0.05, 0.1) is 6.54 Å². The largest absolute Gasteiger partial charge is 0.481 e. The number of anilines is 1. The fourth-order valence-electron chi connectivity index (χ4n) is 2.13. The van der Waals surface area contributed by atoms with Crippen LogP contribution in [0.3, 0.4) is 0 Å². The maximum atomic E-state index is 13.4. The molecule has 1 heterocycles. The molecule has 5 heteroatoms. The number of carboxylic acids is 1. The van der Waals surface area contributed by atoms with E-state index in [4.69, 9.17) is 5.11 Å². The molecule has 0 unspecified atom stereocenters. The molecule has 2 rings (SSSR count).